The van der Waals surface area contributed by atoms with Crippen molar-refractivity contribution in [2.24, 2.45) is 0 Å². The van der Waals surface area contributed by atoms with Crippen molar-refractivity contribution < 1.29 is 9.59 Å². The lowest BCUT2D eigenvalue weighted by atomic mass is 9.94. The quantitative estimate of drug-likeness (QED) is 0.818. The maximum absolute atomic E-state index is 13.3. The molecule has 1 saturated carbocycles. The van der Waals surface area contributed by atoms with Crippen LogP contribution in [0.5, 0.6) is 0 Å². The first-order valence-electron chi connectivity index (χ1n) is 9.34. The van der Waals surface area contributed by atoms with Gasteiger partial charge in [-0.25, -0.2) is 0 Å². The van der Waals surface area contributed by atoms with Gasteiger partial charge < -0.3 is 9.80 Å². The summed E-state index contributed by atoms with van der Waals surface area (Å²) in [7, 11) is 0. The topological polar surface area (TPSA) is 40.6 Å². The SMILES string of the molecule is CCCCN(C(C)=O)C1C(=O)N(C2CCCCC2)c2ccccc21. The summed E-state index contributed by atoms with van der Waals surface area (Å²) in [4.78, 5) is 29.3. The van der Waals surface area contributed by atoms with Crippen molar-refractivity contribution >= 4 is 17.5 Å². The highest BCUT2D eigenvalue weighted by Gasteiger charge is 2.44. The predicted molar refractivity (Wildman–Crippen MR) is 95.8 cm³/mol. The molecule has 130 valence electrons. The molecule has 0 spiro atoms. The highest BCUT2D eigenvalue weighted by molar-refractivity contribution is 6.06. The van der Waals surface area contributed by atoms with Crippen LogP contribution in [0.3, 0.4) is 0 Å². The Kier molecular flexibility index (Phi) is 5.22. The molecule has 2 amide bonds. The molecule has 1 aliphatic heterocycles. The molecule has 0 bridgehead atoms. The van der Waals surface area contributed by atoms with E-state index in [-0.39, 0.29) is 17.9 Å². The number of hydrogen-bond acceptors (Lipinski definition) is 2. The smallest absolute Gasteiger partial charge is 0.254 e. The Morgan fingerprint density at radius 2 is 1.92 bits per heavy atom. The number of anilines is 1. The van der Waals surface area contributed by atoms with Crippen LogP contribution < -0.4 is 4.90 Å². The van der Waals surface area contributed by atoms with Gasteiger partial charge in [0, 0.05) is 30.8 Å². The van der Waals surface area contributed by atoms with E-state index in [2.05, 4.69) is 6.92 Å². The Morgan fingerprint density at radius 3 is 2.58 bits per heavy atom. The van der Waals surface area contributed by atoms with Crippen LogP contribution in [-0.4, -0.2) is 29.3 Å². The molecular weight excluding hydrogens is 300 g/mol. The number of benzene rings is 1. The molecular formula is C20H28N2O2. The molecule has 4 nitrogen and oxygen atoms in total. The average molecular weight is 328 g/mol. The van der Waals surface area contributed by atoms with Gasteiger partial charge in [-0.2, -0.15) is 0 Å². The summed E-state index contributed by atoms with van der Waals surface area (Å²) in [5.41, 5.74) is 2.02. The van der Waals surface area contributed by atoms with E-state index >= 15 is 0 Å². The number of unbranched alkanes of at least 4 members (excludes halogenated alkanes) is 1. The van der Waals surface area contributed by atoms with E-state index in [9.17, 15) is 9.59 Å². The minimum absolute atomic E-state index is 0.0119. The van der Waals surface area contributed by atoms with Crippen LogP contribution in [0.4, 0.5) is 5.69 Å². The third-order valence-electron chi connectivity index (χ3n) is 5.37. The molecule has 1 atom stereocenters. The zero-order valence-corrected chi connectivity index (χ0v) is 14.8. The van der Waals surface area contributed by atoms with E-state index in [1.54, 1.807) is 11.8 Å². The summed E-state index contributed by atoms with van der Waals surface area (Å²) < 4.78 is 0. The monoisotopic (exact) mass is 328 g/mol. The average Bonchev–Trinajstić information content (AvgIpc) is 2.88. The van der Waals surface area contributed by atoms with Crippen LogP contribution >= 0.6 is 0 Å². The van der Waals surface area contributed by atoms with Crippen molar-refractivity contribution in [1.82, 2.24) is 4.90 Å². The summed E-state index contributed by atoms with van der Waals surface area (Å²) in [5, 5.41) is 0. The molecule has 0 aromatic heterocycles. The number of rotatable bonds is 5. The van der Waals surface area contributed by atoms with Crippen LogP contribution in [0.25, 0.3) is 0 Å². The molecule has 1 aromatic carbocycles. The minimum atomic E-state index is -0.438. The highest BCUT2D eigenvalue weighted by Crippen LogP contribution is 2.42. The van der Waals surface area contributed by atoms with E-state index in [0.717, 1.165) is 36.9 Å². The largest absolute Gasteiger partial charge is 0.327 e. The number of fused-ring (bicyclic) bond motifs is 1. The van der Waals surface area contributed by atoms with Crippen molar-refractivity contribution in [2.75, 3.05) is 11.4 Å². The van der Waals surface area contributed by atoms with Gasteiger partial charge in [0.05, 0.1) is 0 Å². The second kappa shape index (κ2) is 7.37. The van der Waals surface area contributed by atoms with Crippen LogP contribution in [0.1, 0.15) is 70.4 Å². The van der Waals surface area contributed by atoms with Gasteiger partial charge in [-0.1, -0.05) is 50.8 Å². The van der Waals surface area contributed by atoms with Gasteiger partial charge in [0.25, 0.3) is 5.91 Å². The van der Waals surface area contributed by atoms with Crippen LogP contribution in [0, 0.1) is 0 Å². The molecule has 1 unspecified atom stereocenters. The summed E-state index contributed by atoms with van der Waals surface area (Å²) in [6.45, 7) is 4.33. The zero-order chi connectivity index (χ0) is 17.1. The summed E-state index contributed by atoms with van der Waals surface area (Å²) >= 11 is 0. The van der Waals surface area contributed by atoms with Gasteiger partial charge in [-0.3, -0.25) is 9.59 Å². The molecule has 2 aliphatic rings. The molecule has 0 saturated heterocycles. The maximum atomic E-state index is 13.3. The molecule has 1 fully saturated rings. The Balaban J connectivity index is 1.95. The van der Waals surface area contributed by atoms with Gasteiger partial charge in [0.2, 0.25) is 5.91 Å². The lowest BCUT2D eigenvalue weighted by Crippen LogP contribution is -2.45. The second-order valence-electron chi connectivity index (χ2n) is 7.03. The van der Waals surface area contributed by atoms with Crippen LogP contribution in [-0.2, 0) is 9.59 Å². The first-order valence-corrected chi connectivity index (χ1v) is 9.34. The maximum Gasteiger partial charge on any atom is 0.254 e. The molecule has 1 aromatic rings. The van der Waals surface area contributed by atoms with Crippen molar-refractivity contribution in [3.63, 3.8) is 0 Å². The van der Waals surface area contributed by atoms with E-state index in [1.165, 1.54) is 19.3 Å². The zero-order valence-electron chi connectivity index (χ0n) is 14.8. The standard InChI is InChI=1S/C20H28N2O2/c1-3-4-14-21(15(2)23)19-17-12-8-9-13-18(17)22(20(19)24)16-10-6-5-7-11-16/h8-9,12-13,16,19H,3-7,10-11,14H2,1-2H3. The van der Waals surface area contributed by atoms with Gasteiger partial charge in [-0.05, 0) is 25.3 Å². The van der Waals surface area contributed by atoms with Gasteiger partial charge in [0.15, 0.2) is 0 Å². The molecule has 4 heteroatoms. The van der Waals surface area contributed by atoms with Gasteiger partial charge in [-0.15, -0.1) is 0 Å². The first-order chi connectivity index (χ1) is 11.6. The highest BCUT2D eigenvalue weighted by atomic mass is 16.2. The number of carbonyl (C=O) groups is 2. The number of nitrogens with zero attached hydrogens (tertiary/aromatic N) is 2. The fraction of sp³-hybridized carbons (Fsp3) is 0.600. The molecule has 0 radical (unpaired) electrons. The van der Waals surface area contributed by atoms with E-state index < -0.39 is 6.04 Å². The van der Waals surface area contributed by atoms with Gasteiger partial charge in [0.1, 0.15) is 6.04 Å². The Labute approximate surface area is 144 Å². The lowest BCUT2D eigenvalue weighted by molar-refractivity contribution is -0.137. The molecule has 0 N–H and O–H groups in total. The fourth-order valence-corrected chi connectivity index (χ4v) is 4.14. The van der Waals surface area contributed by atoms with Gasteiger partial charge >= 0.3 is 0 Å². The summed E-state index contributed by atoms with van der Waals surface area (Å²) in [5.74, 6) is 0.0801. The minimum Gasteiger partial charge on any atom is -0.327 e. The van der Waals surface area contributed by atoms with Crippen LogP contribution in [0.2, 0.25) is 0 Å². The Hall–Kier alpha value is -1.84. The van der Waals surface area contributed by atoms with Crippen molar-refractivity contribution in [2.45, 2.75) is 70.9 Å². The van der Waals surface area contributed by atoms with E-state index in [1.807, 2.05) is 29.2 Å². The molecule has 3 rings (SSSR count). The third-order valence-corrected chi connectivity index (χ3v) is 5.37. The summed E-state index contributed by atoms with van der Waals surface area (Å²) in [6.07, 6.45) is 7.72. The molecule has 1 aliphatic carbocycles. The number of carbonyl (C=O) groups excluding carboxylic acids is 2. The number of hydrogen-bond donors (Lipinski definition) is 0. The van der Waals surface area contributed by atoms with Crippen molar-refractivity contribution in [3.8, 4) is 0 Å². The van der Waals surface area contributed by atoms with E-state index in [0.29, 0.717) is 6.54 Å². The van der Waals surface area contributed by atoms with E-state index in [4.69, 9.17) is 0 Å². The number of amides is 2. The number of para-hydroxylation sites is 1. The van der Waals surface area contributed by atoms with Crippen molar-refractivity contribution in [1.29, 1.82) is 0 Å². The normalized spacial score (nSPS) is 21.0. The molecule has 1 heterocycles. The lowest BCUT2D eigenvalue weighted by Gasteiger charge is -2.33. The van der Waals surface area contributed by atoms with Crippen molar-refractivity contribution in [3.05, 3.63) is 29.8 Å². The van der Waals surface area contributed by atoms with Crippen LogP contribution in [0.15, 0.2) is 24.3 Å². The first kappa shape index (κ1) is 17.0. The molecule has 24 heavy (non-hydrogen) atoms. The Bertz CT molecular complexity index is 607. The third kappa shape index (κ3) is 3.06. The fourth-order valence-electron chi connectivity index (χ4n) is 4.14. The predicted octanol–water partition coefficient (Wildman–Crippen LogP) is 4.06. The second-order valence-corrected chi connectivity index (χ2v) is 7.03. The summed E-state index contributed by atoms with van der Waals surface area (Å²) in [6, 6.07) is 7.88. The Morgan fingerprint density at radius 1 is 1.21 bits per heavy atom.